The van der Waals surface area contributed by atoms with Crippen LogP contribution in [0, 0.1) is 0 Å². The van der Waals surface area contributed by atoms with Crippen LogP contribution < -0.4 is 0 Å². The van der Waals surface area contributed by atoms with E-state index in [1.54, 1.807) is 0 Å². The maximum atomic E-state index is 5.64. The Kier molecular flexibility index (Phi) is 4.87. The van der Waals surface area contributed by atoms with Crippen molar-refractivity contribution < 1.29 is 0 Å². The molecule has 2 heteroatoms. The van der Waals surface area contributed by atoms with Crippen LogP contribution in [0.3, 0.4) is 0 Å². The molecule has 0 amide bonds. The molecule has 0 aromatic heterocycles. The van der Waals surface area contributed by atoms with E-state index >= 15 is 0 Å². The fraction of sp³-hybridized carbons (Fsp3) is 0.455. The summed E-state index contributed by atoms with van der Waals surface area (Å²) in [6.07, 6.45) is 1.11. The summed E-state index contributed by atoms with van der Waals surface area (Å²) < 4.78 is 0. The van der Waals surface area contributed by atoms with E-state index in [9.17, 15) is 0 Å². The Balaban J connectivity index is 2.27. The van der Waals surface area contributed by atoms with Gasteiger partial charge in [-0.25, -0.2) is 0 Å². The molecule has 0 N–H and O–H groups in total. The molecule has 0 radical (unpaired) electrons. The van der Waals surface area contributed by atoms with Crippen molar-refractivity contribution in [3.63, 3.8) is 0 Å². The first-order valence-electron chi connectivity index (χ1n) is 4.61. The number of nitrogens with zero attached hydrogens (tertiary/aromatic N) is 1. The van der Waals surface area contributed by atoms with E-state index in [0.717, 1.165) is 19.5 Å². The van der Waals surface area contributed by atoms with Crippen LogP contribution in [0.5, 0.6) is 0 Å². The van der Waals surface area contributed by atoms with Gasteiger partial charge in [-0.2, -0.15) is 0 Å². The van der Waals surface area contributed by atoms with E-state index in [2.05, 4.69) is 36.2 Å². The summed E-state index contributed by atoms with van der Waals surface area (Å²) in [5.41, 5.74) is 1.39. The van der Waals surface area contributed by atoms with E-state index in [0.29, 0.717) is 5.88 Å². The van der Waals surface area contributed by atoms with Crippen molar-refractivity contribution in [2.75, 3.05) is 26.0 Å². The van der Waals surface area contributed by atoms with Crippen molar-refractivity contribution in [3.05, 3.63) is 35.9 Å². The smallest absolute Gasteiger partial charge is 0.0351 e. The number of benzene rings is 1. The van der Waals surface area contributed by atoms with Crippen molar-refractivity contribution >= 4 is 11.6 Å². The highest BCUT2D eigenvalue weighted by molar-refractivity contribution is 6.18. The van der Waals surface area contributed by atoms with E-state index in [4.69, 9.17) is 11.6 Å². The molecule has 0 aliphatic carbocycles. The van der Waals surface area contributed by atoms with E-state index in [-0.39, 0.29) is 0 Å². The number of alkyl halides is 1. The van der Waals surface area contributed by atoms with Crippen LogP contribution in [0.25, 0.3) is 0 Å². The van der Waals surface area contributed by atoms with Crippen molar-refractivity contribution in [2.45, 2.75) is 6.42 Å². The SMILES string of the molecule is CN(CCCl)CCc1ccccc1. The molecular weight excluding hydrogens is 182 g/mol. The molecule has 0 atom stereocenters. The predicted molar refractivity (Wildman–Crippen MR) is 58.4 cm³/mol. The molecule has 0 heterocycles. The lowest BCUT2D eigenvalue weighted by Gasteiger charge is -2.14. The zero-order valence-electron chi connectivity index (χ0n) is 8.04. The van der Waals surface area contributed by atoms with Gasteiger partial charge in [0.15, 0.2) is 0 Å². The van der Waals surface area contributed by atoms with Gasteiger partial charge >= 0.3 is 0 Å². The second-order valence-corrected chi connectivity index (χ2v) is 3.61. The second-order valence-electron chi connectivity index (χ2n) is 3.23. The maximum Gasteiger partial charge on any atom is 0.0351 e. The van der Waals surface area contributed by atoms with Crippen molar-refractivity contribution in [3.8, 4) is 0 Å². The zero-order chi connectivity index (χ0) is 9.52. The van der Waals surface area contributed by atoms with Gasteiger partial charge in [-0.3, -0.25) is 0 Å². The fourth-order valence-electron chi connectivity index (χ4n) is 1.22. The van der Waals surface area contributed by atoms with Gasteiger partial charge < -0.3 is 4.90 Å². The number of likely N-dealkylation sites (N-methyl/N-ethyl adjacent to an activating group) is 1. The average molecular weight is 198 g/mol. The van der Waals surface area contributed by atoms with Crippen LogP contribution in [-0.4, -0.2) is 30.9 Å². The topological polar surface area (TPSA) is 3.24 Å². The largest absolute Gasteiger partial charge is 0.305 e. The molecule has 1 aromatic rings. The van der Waals surface area contributed by atoms with Crippen molar-refractivity contribution in [1.82, 2.24) is 4.90 Å². The normalized spacial score (nSPS) is 10.7. The third-order valence-corrected chi connectivity index (χ3v) is 2.26. The molecule has 1 rings (SSSR count). The van der Waals surface area contributed by atoms with Crippen LogP contribution in [-0.2, 0) is 6.42 Å². The van der Waals surface area contributed by atoms with Crippen molar-refractivity contribution in [1.29, 1.82) is 0 Å². The number of rotatable bonds is 5. The number of hydrogen-bond acceptors (Lipinski definition) is 1. The molecule has 0 saturated heterocycles. The van der Waals surface area contributed by atoms with Gasteiger partial charge in [-0.05, 0) is 19.0 Å². The first kappa shape index (κ1) is 10.6. The summed E-state index contributed by atoms with van der Waals surface area (Å²) in [5, 5.41) is 0. The molecule has 1 nitrogen and oxygen atoms in total. The molecule has 0 spiro atoms. The molecular formula is C11H16ClN. The van der Waals surface area contributed by atoms with Crippen LogP contribution >= 0.6 is 11.6 Å². The van der Waals surface area contributed by atoms with Crippen molar-refractivity contribution in [2.24, 2.45) is 0 Å². The molecule has 0 bridgehead atoms. The second kappa shape index (κ2) is 6.01. The molecule has 1 aromatic carbocycles. The third-order valence-electron chi connectivity index (χ3n) is 2.09. The maximum absolute atomic E-state index is 5.64. The van der Waals surface area contributed by atoms with Crippen LogP contribution in [0.1, 0.15) is 5.56 Å². The number of halogens is 1. The van der Waals surface area contributed by atoms with Crippen LogP contribution in [0.4, 0.5) is 0 Å². The lowest BCUT2D eigenvalue weighted by molar-refractivity contribution is 0.359. The minimum atomic E-state index is 0.714. The summed E-state index contributed by atoms with van der Waals surface area (Å²) in [5.74, 6) is 0.714. The highest BCUT2D eigenvalue weighted by Gasteiger charge is 1.97. The molecule has 0 unspecified atom stereocenters. The van der Waals surface area contributed by atoms with Gasteiger partial charge in [-0.1, -0.05) is 30.3 Å². The van der Waals surface area contributed by atoms with Gasteiger partial charge in [0.05, 0.1) is 0 Å². The van der Waals surface area contributed by atoms with Crippen LogP contribution in [0.15, 0.2) is 30.3 Å². The Morgan fingerprint density at radius 1 is 1.15 bits per heavy atom. The first-order chi connectivity index (χ1) is 6.33. The van der Waals surface area contributed by atoms with Gasteiger partial charge in [-0.15, -0.1) is 11.6 Å². The van der Waals surface area contributed by atoms with Gasteiger partial charge in [0, 0.05) is 19.0 Å². The molecule has 0 aliphatic rings. The highest BCUT2D eigenvalue weighted by atomic mass is 35.5. The van der Waals surface area contributed by atoms with Gasteiger partial charge in [0.1, 0.15) is 0 Å². The molecule has 0 saturated carbocycles. The summed E-state index contributed by atoms with van der Waals surface area (Å²) in [6, 6.07) is 10.5. The van der Waals surface area contributed by atoms with E-state index < -0.39 is 0 Å². The number of hydrogen-bond donors (Lipinski definition) is 0. The predicted octanol–water partition coefficient (Wildman–Crippen LogP) is 2.40. The Morgan fingerprint density at radius 2 is 1.85 bits per heavy atom. The fourth-order valence-corrected chi connectivity index (χ4v) is 1.51. The molecule has 0 fully saturated rings. The Hall–Kier alpha value is -0.530. The Bertz CT molecular complexity index is 223. The Morgan fingerprint density at radius 3 is 2.46 bits per heavy atom. The Labute approximate surface area is 85.3 Å². The van der Waals surface area contributed by atoms with E-state index in [1.165, 1.54) is 5.56 Å². The molecule has 72 valence electrons. The standard InChI is InChI=1S/C11H16ClN/c1-13(10-8-12)9-7-11-5-3-2-4-6-11/h2-6H,7-10H2,1H3. The minimum absolute atomic E-state index is 0.714. The summed E-state index contributed by atoms with van der Waals surface area (Å²) >= 11 is 5.64. The molecule has 13 heavy (non-hydrogen) atoms. The van der Waals surface area contributed by atoms with Crippen LogP contribution in [0.2, 0.25) is 0 Å². The third kappa shape index (κ3) is 4.30. The lowest BCUT2D eigenvalue weighted by atomic mass is 10.1. The first-order valence-corrected chi connectivity index (χ1v) is 5.15. The molecule has 0 aliphatic heterocycles. The summed E-state index contributed by atoms with van der Waals surface area (Å²) in [6.45, 7) is 2.05. The lowest BCUT2D eigenvalue weighted by Crippen LogP contribution is -2.23. The average Bonchev–Trinajstić information content (AvgIpc) is 2.17. The monoisotopic (exact) mass is 197 g/mol. The van der Waals surface area contributed by atoms with E-state index in [1.807, 2.05) is 6.07 Å². The van der Waals surface area contributed by atoms with Gasteiger partial charge in [0.25, 0.3) is 0 Å². The minimum Gasteiger partial charge on any atom is -0.305 e. The van der Waals surface area contributed by atoms with Gasteiger partial charge in [0.2, 0.25) is 0 Å². The summed E-state index contributed by atoms with van der Waals surface area (Å²) in [7, 11) is 2.10. The summed E-state index contributed by atoms with van der Waals surface area (Å²) in [4.78, 5) is 2.25. The quantitative estimate of drug-likeness (QED) is 0.656. The highest BCUT2D eigenvalue weighted by Crippen LogP contribution is 2.00. The zero-order valence-corrected chi connectivity index (χ0v) is 8.80.